The Kier molecular flexibility index (Phi) is 5.87. The van der Waals surface area contributed by atoms with Crippen LogP contribution in [0.2, 0.25) is 10.3 Å². The maximum absolute atomic E-state index is 13.0. The maximum Gasteiger partial charge on any atom is 0.320 e. The standard InChI is InChI=1S/C19H28Cl2N4O5S2/c20-15-3-1-5-17(22-15)31(27,28)11-7-24(8-12-31)19(26)25-9-13-32(29,30,14-10-25)18-6-2-4-16(21)23-18/h1-6,27-32H,7-14H2. The Hall–Kier alpha value is -1.31. The third-order valence-electron chi connectivity index (χ3n) is 6.36. The summed E-state index contributed by atoms with van der Waals surface area (Å²) in [6, 6.07) is 9.23. The zero-order valence-corrected chi connectivity index (χ0v) is 20.6. The highest BCUT2D eigenvalue weighted by molar-refractivity contribution is 8.41. The minimum atomic E-state index is -4.26. The van der Waals surface area contributed by atoms with Crippen LogP contribution in [0.1, 0.15) is 0 Å². The Bertz CT molecular complexity index is 968. The minimum absolute atomic E-state index is 0.00440. The molecule has 0 unspecified atom stereocenters. The smallest absolute Gasteiger partial charge is 0.320 e. The van der Waals surface area contributed by atoms with Gasteiger partial charge in [0.1, 0.15) is 20.4 Å². The number of thiol groups is 2. The van der Waals surface area contributed by atoms with Crippen molar-refractivity contribution in [2.75, 3.05) is 49.2 Å². The highest BCUT2D eigenvalue weighted by Crippen LogP contribution is 2.70. The van der Waals surface area contributed by atoms with Gasteiger partial charge in [0, 0.05) is 49.2 Å². The summed E-state index contributed by atoms with van der Waals surface area (Å²) < 4.78 is 44.5. The van der Waals surface area contributed by atoms with Gasteiger partial charge in [-0.2, -0.15) is 0 Å². The number of hydrogen-bond acceptors (Lipinski definition) is 7. The average Bonchev–Trinajstić information content (AvgIpc) is 2.74. The van der Waals surface area contributed by atoms with Gasteiger partial charge in [0.25, 0.3) is 0 Å². The number of halogens is 2. The largest absolute Gasteiger partial charge is 0.324 e. The lowest BCUT2D eigenvalue weighted by Crippen LogP contribution is -2.55. The lowest BCUT2D eigenvalue weighted by Gasteiger charge is -2.63. The molecule has 2 saturated heterocycles. The Morgan fingerprint density at radius 3 is 1.38 bits per heavy atom. The van der Waals surface area contributed by atoms with Crippen molar-refractivity contribution in [1.29, 1.82) is 0 Å². The highest BCUT2D eigenvalue weighted by Gasteiger charge is 2.42. The number of rotatable bonds is 2. The molecule has 0 bridgehead atoms. The fraction of sp³-hybridized carbons (Fsp3) is 0.421. The predicted molar refractivity (Wildman–Crippen MR) is 132 cm³/mol. The van der Waals surface area contributed by atoms with Crippen molar-refractivity contribution in [3.8, 4) is 0 Å². The fourth-order valence-corrected chi connectivity index (χ4v) is 10.2. The summed E-state index contributed by atoms with van der Waals surface area (Å²) in [5.41, 5.74) is 0. The van der Waals surface area contributed by atoms with Crippen molar-refractivity contribution in [2.45, 2.75) is 10.1 Å². The molecule has 0 atom stereocenters. The van der Waals surface area contributed by atoms with E-state index < -0.39 is 19.4 Å². The van der Waals surface area contributed by atoms with Gasteiger partial charge in [-0.15, -0.1) is 0 Å². The number of carbonyl (C=O) groups excluding carboxylic acids is 1. The quantitative estimate of drug-likeness (QED) is 0.257. The van der Waals surface area contributed by atoms with Crippen LogP contribution in [0.25, 0.3) is 0 Å². The van der Waals surface area contributed by atoms with Crippen molar-refractivity contribution in [2.24, 2.45) is 0 Å². The van der Waals surface area contributed by atoms with E-state index in [9.17, 15) is 23.0 Å². The number of nitrogens with zero attached hydrogens (tertiary/aromatic N) is 4. The molecule has 180 valence electrons. The second-order valence-electron chi connectivity index (χ2n) is 8.58. The molecule has 0 aromatic carbocycles. The van der Waals surface area contributed by atoms with E-state index in [1.54, 1.807) is 46.2 Å². The molecule has 0 spiro atoms. The lowest BCUT2D eigenvalue weighted by atomic mass is 10.4. The molecule has 4 heterocycles. The number of amides is 2. The van der Waals surface area contributed by atoms with E-state index in [2.05, 4.69) is 9.97 Å². The molecule has 0 aliphatic carbocycles. The van der Waals surface area contributed by atoms with E-state index in [0.29, 0.717) is 0 Å². The first-order valence-corrected chi connectivity index (χ1v) is 16.0. The molecule has 4 rings (SSSR count). The molecule has 2 amide bonds. The van der Waals surface area contributed by atoms with Crippen LogP contribution in [0.3, 0.4) is 0 Å². The molecule has 2 aromatic heterocycles. The Morgan fingerprint density at radius 2 is 1.06 bits per heavy atom. The van der Waals surface area contributed by atoms with Gasteiger partial charge in [-0.1, -0.05) is 35.3 Å². The van der Waals surface area contributed by atoms with Crippen LogP contribution in [0.15, 0.2) is 46.5 Å². The minimum Gasteiger partial charge on any atom is -0.324 e. The van der Waals surface area contributed by atoms with Crippen LogP contribution in [-0.4, -0.2) is 93.2 Å². The summed E-state index contributed by atoms with van der Waals surface area (Å²) in [5, 5.41) is 0.732. The van der Waals surface area contributed by atoms with Crippen molar-refractivity contribution >= 4 is 48.7 Å². The summed E-state index contributed by atoms with van der Waals surface area (Å²) in [5.74, 6) is 0.0176. The Labute approximate surface area is 197 Å². The van der Waals surface area contributed by atoms with Gasteiger partial charge >= 0.3 is 6.03 Å². The first-order valence-electron chi connectivity index (χ1n) is 10.2. The van der Waals surface area contributed by atoms with Crippen molar-refractivity contribution in [3.63, 3.8) is 0 Å². The highest BCUT2D eigenvalue weighted by atomic mass is 35.5. The molecule has 0 saturated carbocycles. The van der Waals surface area contributed by atoms with E-state index in [-0.39, 0.29) is 75.6 Å². The third kappa shape index (κ3) is 4.40. The number of hydrogen-bond donors (Lipinski definition) is 6. The van der Waals surface area contributed by atoms with E-state index in [1.165, 1.54) is 0 Å². The van der Waals surface area contributed by atoms with Gasteiger partial charge in [-0.05, 0) is 24.3 Å². The van der Waals surface area contributed by atoms with E-state index in [4.69, 9.17) is 23.2 Å². The molecular weight excluding hydrogens is 499 g/mol. The average molecular weight is 527 g/mol. The monoisotopic (exact) mass is 526 g/mol. The van der Waals surface area contributed by atoms with Crippen LogP contribution in [0.4, 0.5) is 4.79 Å². The molecule has 2 aromatic rings. The molecule has 9 nitrogen and oxygen atoms in total. The Balaban J connectivity index is 1.42. The van der Waals surface area contributed by atoms with Gasteiger partial charge in [-0.3, -0.25) is 19.4 Å². The molecule has 2 aliphatic heterocycles. The summed E-state index contributed by atoms with van der Waals surface area (Å²) in [4.78, 5) is 24.4. The summed E-state index contributed by atoms with van der Waals surface area (Å²) in [7, 11) is -8.51. The third-order valence-corrected chi connectivity index (χ3v) is 14.0. The predicted octanol–water partition coefficient (Wildman–Crippen LogP) is 3.99. The molecular formula is C19H28Cl2N4O5S2. The zero-order chi connectivity index (χ0) is 23.2. The Morgan fingerprint density at radius 1 is 0.719 bits per heavy atom. The molecule has 2 aliphatic rings. The van der Waals surface area contributed by atoms with Crippen LogP contribution >= 0.6 is 42.6 Å². The van der Waals surface area contributed by atoms with Crippen LogP contribution in [-0.2, 0) is 0 Å². The maximum atomic E-state index is 13.0. The van der Waals surface area contributed by atoms with Crippen molar-refractivity contribution in [3.05, 3.63) is 46.7 Å². The van der Waals surface area contributed by atoms with Crippen LogP contribution in [0.5, 0.6) is 0 Å². The number of aromatic nitrogens is 2. The van der Waals surface area contributed by atoms with Gasteiger partial charge in [0.2, 0.25) is 0 Å². The van der Waals surface area contributed by atoms with E-state index in [0.717, 1.165) is 0 Å². The molecule has 13 heteroatoms. The number of urea groups is 1. The normalized spacial score (nSPS) is 26.2. The first kappa shape index (κ1) is 23.8. The molecule has 32 heavy (non-hydrogen) atoms. The molecule has 2 fully saturated rings. The molecule has 0 radical (unpaired) electrons. The van der Waals surface area contributed by atoms with Crippen molar-refractivity contribution in [1.82, 2.24) is 19.8 Å². The summed E-state index contributed by atoms with van der Waals surface area (Å²) in [6.07, 6.45) is 0. The van der Waals surface area contributed by atoms with Gasteiger partial charge in [0.15, 0.2) is 0 Å². The fourth-order valence-electron chi connectivity index (χ4n) is 4.18. The molecule has 4 N–H and O–H groups in total. The van der Waals surface area contributed by atoms with Crippen LogP contribution < -0.4 is 0 Å². The number of pyridine rings is 2. The summed E-state index contributed by atoms with van der Waals surface area (Å²) in [6.45, 7) is 0.635. The second kappa shape index (κ2) is 7.88. The van der Waals surface area contributed by atoms with Gasteiger partial charge in [-0.25, -0.2) is 14.8 Å². The van der Waals surface area contributed by atoms with Gasteiger partial charge in [0.05, 0.1) is 0 Å². The van der Waals surface area contributed by atoms with Crippen molar-refractivity contribution < 1.29 is 23.0 Å². The van der Waals surface area contributed by atoms with Crippen LogP contribution in [0, 0.1) is 0 Å². The lowest BCUT2D eigenvalue weighted by molar-refractivity contribution is 0.157. The van der Waals surface area contributed by atoms with E-state index in [1.807, 2.05) is 0 Å². The van der Waals surface area contributed by atoms with Gasteiger partial charge < -0.3 is 28.0 Å². The first-order chi connectivity index (χ1) is 14.9. The SMILES string of the molecule is O=C(N1CC[SH](O)(O)(c2cccc(Cl)n2)CC1)N1CC[SH](O)(O)(c2cccc(Cl)n2)CC1. The van der Waals surface area contributed by atoms with E-state index >= 15 is 0 Å². The zero-order valence-electron chi connectivity index (χ0n) is 17.3. The topological polar surface area (TPSA) is 130 Å². The number of carbonyl (C=O) groups is 1. The second-order valence-corrected chi connectivity index (χ2v) is 17.6. The summed E-state index contributed by atoms with van der Waals surface area (Å²) >= 11 is 11.8.